The van der Waals surface area contributed by atoms with Crippen LogP contribution in [0.5, 0.6) is 0 Å². The Labute approximate surface area is 305 Å². The molecule has 9 rings (SSSR count). The summed E-state index contributed by atoms with van der Waals surface area (Å²) in [6, 6.07) is 20.6. The predicted molar refractivity (Wildman–Crippen MR) is 214 cm³/mol. The van der Waals surface area contributed by atoms with Crippen LogP contribution in [-0.2, 0) is 5.41 Å². The number of nitrogens with one attached hydrogen (secondary N) is 1. The third-order valence-corrected chi connectivity index (χ3v) is 13.0. The Morgan fingerprint density at radius 3 is 2.45 bits per heavy atom. The summed E-state index contributed by atoms with van der Waals surface area (Å²) in [6.07, 6.45) is 40.5. The van der Waals surface area contributed by atoms with Gasteiger partial charge in [0, 0.05) is 46.8 Å². The molecule has 258 valence electrons. The first-order chi connectivity index (χ1) is 25.0. The van der Waals surface area contributed by atoms with Crippen LogP contribution < -0.4 is 5.32 Å². The third-order valence-electron chi connectivity index (χ3n) is 13.0. The maximum Gasteiger partial charge on any atom is 0.125 e. The molecule has 7 aliphatic rings. The fourth-order valence-corrected chi connectivity index (χ4v) is 10.3. The maximum atomic E-state index is 5.68. The fourth-order valence-electron chi connectivity index (χ4n) is 10.3. The molecule has 0 aromatic heterocycles. The summed E-state index contributed by atoms with van der Waals surface area (Å²) in [4.78, 5) is 5.68. The molecule has 1 aliphatic heterocycles. The number of hydrogen-bond acceptors (Lipinski definition) is 2. The van der Waals surface area contributed by atoms with Crippen LogP contribution >= 0.6 is 0 Å². The zero-order valence-electron chi connectivity index (χ0n) is 30.3. The molecule has 6 aliphatic carbocycles. The molecule has 7 unspecified atom stereocenters. The number of allylic oxidation sites excluding steroid dienone is 15. The molecule has 2 aromatic rings. The van der Waals surface area contributed by atoms with Gasteiger partial charge in [0.2, 0.25) is 0 Å². The second-order valence-electron chi connectivity index (χ2n) is 16.3. The lowest BCUT2D eigenvalue weighted by Crippen LogP contribution is -2.51. The lowest BCUT2D eigenvalue weighted by Gasteiger charge is -2.42. The van der Waals surface area contributed by atoms with Crippen molar-refractivity contribution in [3.63, 3.8) is 0 Å². The van der Waals surface area contributed by atoms with E-state index >= 15 is 0 Å². The Morgan fingerprint density at radius 1 is 0.765 bits per heavy atom. The monoisotopic (exact) mass is 668 g/mol. The number of hydrogen-bond donors (Lipinski definition) is 1. The smallest absolute Gasteiger partial charge is 0.125 e. The molecule has 51 heavy (non-hydrogen) atoms. The van der Waals surface area contributed by atoms with E-state index in [1.165, 1.54) is 59.2 Å². The lowest BCUT2D eigenvalue weighted by molar-refractivity contribution is 0.436. The quantitative estimate of drug-likeness (QED) is 0.304. The molecular weight excluding hydrogens is 617 g/mol. The van der Waals surface area contributed by atoms with Gasteiger partial charge in [0.25, 0.3) is 0 Å². The zero-order valence-corrected chi connectivity index (χ0v) is 30.3. The minimum absolute atomic E-state index is 0.0457. The molecule has 1 heterocycles. The summed E-state index contributed by atoms with van der Waals surface area (Å²) in [5.74, 6) is 1.91. The highest BCUT2D eigenvalue weighted by Crippen LogP contribution is 2.54. The molecule has 0 fully saturated rings. The summed E-state index contributed by atoms with van der Waals surface area (Å²) >= 11 is 0. The van der Waals surface area contributed by atoms with E-state index in [-0.39, 0.29) is 23.5 Å². The maximum absolute atomic E-state index is 5.68. The van der Waals surface area contributed by atoms with Gasteiger partial charge in [-0.15, -0.1) is 0 Å². The Kier molecular flexibility index (Phi) is 8.76. The van der Waals surface area contributed by atoms with Gasteiger partial charge in [0.1, 0.15) is 6.17 Å². The minimum atomic E-state index is -0.0457. The van der Waals surface area contributed by atoms with E-state index in [1.54, 1.807) is 16.7 Å². The number of aliphatic imine (C=N–C) groups is 1. The van der Waals surface area contributed by atoms with Crippen molar-refractivity contribution in [2.45, 2.75) is 94.7 Å². The first kappa shape index (κ1) is 32.6. The van der Waals surface area contributed by atoms with Crippen molar-refractivity contribution >= 4 is 5.71 Å². The highest BCUT2D eigenvalue weighted by Gasteiger charge is 2.43. The molecule has 2 nitrogen and oxygen atoms in total. The standard InChI is InChI=1S/C49H52N2/c1-49(2)43-27-13-12-26-41(43)42-29-28-39(32-44(42)49)37-23-14-22-36(30-37)38-24-15-25-40(31-38)48-50-46(34-18-8-4-9-19-34)45(33-16-6-3-7-17-33)47(51-48)35-20-10-5-11-21-35/h3-4,6-9,12-18,20,22-23,25-28,31-32,34,37-38,42,45,47-48,51H,5,10-11,19,21,24,29-30H2,1-2H3. The molecule has 1 N–H and O–H groups in total. The molecule has 2 aromatic carbocycles. The van der Waals surface area contributed by atoms with Crippen molar-refractivity contribution in [3.05, 3.63) is 178 Å². The summed E-state index contributed by atoms with van der Waals surface area (Å²) in [5.41, 5.74) is 13.4. The SMILES string of the molecule is CC1(C)C2=CC(C3C=CC=C(C4C=C(C5N=C(C6C=CC=CC6)C(c6ccccc6)C(C6=CCCCC6)N5)C=CC4)C3)=CCC2c2ccccc21. The molecule has 2 heteroatoms. The molecule has 0 amide bonds. The van der Waals surface area contributed by atoms with Crippen molar-refractivity contribution in [1.82, 2.24) is 5.32 Å². The van der Waals surface area contributed by atoms with E-state index in [0.717, 1.165) is 25.7 Å². The van der Waals surface area contributed by atoms with Gasteiger partial charge in [-0.3, -0.25) is 10.3 Å². The summed E-state index contributed by atoms with van der Waals surface area (Å²) in [7, 11) is 0. The summed E-state index contributed by atoms with van der Waals surface area (Å²) in [5, 5.41) is 4.16. The molecule has 7 atom stereocenters. The first-order valence-electron chi connectivity index (χ1n) is 19.7. The van der Waals surface area contributed by atoms with E-state index in [2.05, 4.69) is 153 Å². The molecule has 0 radical (unpaired) electrons. The Morgan fingerprint density at radius 2 is 1.61 bits per heavy atom. The van der Waals surface area contributed by atoms with Gasteiger partial charge in [0.05, 0.1) is 0 Å². The first-order valence-corrected chi connectivity index (χ1v) is 19.7. The average Bonchev–Trinajstić information content (AvgIpc) is 3.44. The minimum Gasteiger partial charge on any atom is -0.284 e. The Balaban J connectivity index is 1.00. The van der Waals surface area contributed by atoms with Crippen molar-refractivity contribution in [2.24, 2.45) is 22.7 Å². The highest BCUT2D eigenvalue weighted by molar-refractivity contribution is 5.96. The second kappa shape index (κ2) is 13.7. The number of benzene rings is 2. The molecule has 0 bridgehead atoms. The zero-order chi connectivity index (χ0) is 34.4. The Hall–Kier alpha value is -4.27. The van der Waals surface area contributed by atoms with Crippen LogP contribution in [0.15, 0.2) is 166 Å². The van der Waals surface area contributed by atoms with Crippen LogP contribution in [0.3, 0.4) is 0 Å². The normalized spacial score (nSPS) is 32.2. The summed E-state index contributed by atoms with van der Waals surface area (Å²) < 4.78 is 0. The average molecular weight is 669 g/mol. The van der Waals surface area contributed by atoms with Crippen LogP contribution in [0.25, 0.3) is 0 Å². The molecule has 0 saturated carbocycles. The highest BCUT2D eigenvalue weighted by atomic mass is 15.1. The van der Waals surface area contributed by atoms with E-state index in [0.29, 0.717) is 23.7 Å². The van der Waals surface area contributed by atoms with Gasteiger partial charge in [-0.1, -0.05) is 164 Å². The van der Waals surface area contributed by atoms with Gasteiger partial charge >= 0.3 is 0 Å². The van der Waals surface area contributed by atoms with E-state index in [1.807, 2.05) is 0 Å². The van der Waals surface area contributed by atoms with Crippen molar-refractivity contribution in [1.29, 1.82) is 0 Å². The van der Waals surface area contributed by atoms with Gasteiger partial charge in [0.15, 0.2) is 0 Å². The van der Waals surface area contributed by atoms with Gasteiger partial charge in [-0.2, -0.15) is 0 Å². The third kappa shape index (κ3) is 6.10. The van der Waals surface area contributed by atoms with E-state index in [9.17, 15) is 0 Å². The number of nitrogens with zero attached hydrogens (tertiary/aromatic N) is 1. The van der Waals surface area contributed by atoms with Crippen molar-refractivity contribution < 1.29 is 0 Å². The van der Waals surface area contributed by atoms with Crippen LogP contribution in [0.4, 0.5) is 0 Å². The van der Waals surface area contributed by atoms with Crippen molar-refractivity contribution in [2.75, 3.05) is 0 Å². The van der Waals surface area contributed by atoms with Gasteiger partial charge in [-0.05, 0) is 79.2 Å². The summed E-state index contributed by atoms with van der Waals surface area (Å²) in [6.45, 7) is 4.85. The van der Waals surface area contributed by atoms with E-state index < -0.39 is 0 Å². The number of fused-ring (bicyclic) bond motifs is 3. The predicted octanol–water partition coefficient (Wildman–Crippen LogP) is 11.5. The van der Waals surface area contributed by atoms with Crippen molar-refractivity contribution in [3.8, 4) is 0 Å². The van der Waals surface area contributed by atoms with Crippen LogP contribution in [0.1, 0.15) is 93.7 Å². The number of rotatable bonds is 6. The topological polar surface area (TPSA) is 24.4 Å². The van der Waals surface area contributed by atoms with Crippen LogP contribution in [0, 0.1) is 17.8 Å². The van der Waals surface area contributed by atoms with E-state index in [4.69, 9.17) is 4.99 Å². The molecular formula is C49H52N2. The molecule has 0 spiro atoms. The molecule has 0 saturated heterocycles. The van der Waals surface area contributed by atoms with Gasteiger partial charge < -0.3 is 0 Å². The van der Waals surface area contributed by atoms with Gasteiger partial charge in [-0.25, -0.2) is 0 Å². The second-order valence-corrected chi connectivity index (χ2v) is 16.3. The van der Waals surface area contributed by atoms with Crippen LogP contribution in [-0.4, -0.2) is 17.9 Å². The lowest BCUT2D eigenvalue weighted by atomic mass is 9.73. The Bertz CT molecular complexity index is 1980. The fraction of sp³-hybridized carbons (Fsp3) is 0.367. The largest absolute Gasteiger partial charge is 0.284 e. The van der Waals surface area contributed by atoms with Crippen LogP contribution in [0.2, 0.25) is 0 Å².